The zero-order chi connectivity index (χ0) is 19.5. The highest BCUT2D eigenvalue weighted by Gasteiger charge is 2.28. The first-order valence-corrected chi connectivity index (χ1v) is 9.37. The summed E-state index contributed by atoms with van der Waals surface area (Å²) in [6.07, 6.45) is 3.54. The summed E-state index contributed by atoms with van der Waals surface area (Å²) in [6.45, 7) is 1.58. The van der Waals surface area contributed by atoms with E-state index in [0.717, 1.165) is 24.2 Å². The molecule has 1 aliphatic rings. The number of aromatic nitrogens is 5. The summed E-state index contributed by atoms with van der Waals surface area (Å²) in [4.78, 5) is 27.0. The first kappa shape index (κ1) is 18.1. The fourth-order valence-electron chi connectivity index (χ4n) is 3.63. The van der Waals surface area contributed by atoms with E-state index in [0.29, 0.717) is 19.6 Å². The van der Waals surface area contributed by atoms with Crippen LogP contribution in [0.15, 0.2) is 53.6 Å². The van der Waals surface area contributed by atoms with Crippen molar-refractivity contribution in [2.24, 2.45) is 7.05 Å². The van der Waals surface area contributed by atoms with Gasteiger partial charge < -0.3 is 9.47 Å². The second-order valence-corrected chi connectivity index (χ2v) is 7.09. The second kappa shape index (κ2) is 7.75. The molecule has 2 aromatic heterocycles. The number of likely N-dealkylation sites (tertiary alicyclic amines) is 1. The van der Waals surface area contributed by atoms with Crippen LogP contribution in [0, 0.1) is 0 Å². The van der Waals surface area contributed by atoms with Gasteiger partial charge in [-0.1, -0.05) is 30.3 Å². The Morgan fingerprint density at radius 2 is 2.00 bits per heavy atom. The lowest BCUT2D eigenvalue weighted by molar-refractivity contribution is 0.0694. The maximum Gasteiger partial charge on any atom is 0.274 e. The van der Waals surface area contributed by atoms with Crippen molar-refractivity contribution in [3.63, 3.8) is 0 Å². The highest BCUT2D eigenvalue weighted by Crippen LogP contribution is 2.25. The van der Waals surface area contributed by atoms with Gasteiger partial charge in [0.05, 0.1) is 6.54 Å². The molecule has 0 N–H and O–H groups in total. The lowest BCUT2D eigenvalue weighted by Gasteiger charge is -2.32. The molecule has 0 spiro atoms. The molecule has 1 atom stereocenters. The number of amides is 1. The van der Waals surface area contributed by atoms with Crippen LogP contribution in [0.25, 0.3) is 0 Å². The van der Waals surface area contributed by atoms with Crippen molar-refractivity contribution in [3.05, 3.63) is 76.2 Å². The van der Waals surface area contributed by atoms with Crippen LogP contribution in [0.3, 0.4) is 0 Å². The van der Waals surface area contributed by atoms with Crippen molar-refractivity contribution in [1.82, 2.24) is 29.4 Å². The normalized spacial score (nSPS) is 16.9. The van der Waals surface area contributed by atoms with E-state index in [1.54, 1.807) is 11.2 Å². The van der Waals surface area contributed by atoms with Gasteiger partial charge in [-0.25, -0.2) is 4.68 Å². The largest absolute Gasteiger partial charge is 0.337 e. The Labute approximate surface area is 162 Å². The van der Waals surface area contributed by atoms with Crippen LogP contribution in [-0.4, -0.2) is 48.4 Å². The number of carbonyl (C=O) groups excluding carboxylic acids is 1. The Morgan fingerprint density at radius 3 is 2.75 bits per heavy atom. The Balaban J connectivity index is 1.53. The molecular formula is C20H22N6O2. The number of nitrogens with zero attached hydrogens (tertiary/aromatic N) is 6. The predicted octanol–water partition coefficient (Wildman–Crippen LogP) is 1.44. The third kappa shape index (κ3) is 3.71. The van der Waals surface area contributed by atoms with Crippen molar-refractivity contribution < 1.29 is 4.79 Å². The summed E-state index contributed by atoms with van der Waals surface area (Å²) in [5.41, 5.74) is 1.02. The predicted molar refractivity (Wildman–Crippen MR) is 103 cm³/mol. The number of piperidine rings is 1. The lowest BCUT2D eigenvalue weighted by Crippen LogP contribution is -2.40. The second-order valence-electron chi connectivity index (χ2n) is 7.09. The van der Waals surface area contributed by atoms with Gasteiger partial charge in [0.2, 0.25) is 0 Å². The number of hydrogen-bond acceptors (Lipinski definition) is 5. The summed E-state index contributed by atoms with van der Waals surface area (Å²) in [5, 5.41) is 12.5. The third-order valence-corrected chi connectivity index (χ3v) is 5.08. The summed E-state index contributed by atoms with van der Waals surface area (Å²) in [5.74, 6) is 0.883. The third-order valence-electron chi connectivity index (χ3n) is 5.08. The Kier molecular flexibility index (Phi) is 5.01. The Morgan fingerprint density at radius 1 is 1.18 bits per heavy atom. The first-order chi connectivity index (χ1) is 13.6. The minimum Gasteiger partial charge on any atom is -0.337 e. The van der Waals surface area contributed by atoms with Crippen LogP contribution in [0.1, 0.15) is 40.6 Å². The molecule has 1 aliphatic heterocycles. The molecule has 1 fully saturated rings. The van der Waals surface area contributed by atoms with Gasteiger partial charge in [0.15, 0.2) is 0 Å². The molecule has 0 bridgehead atoms. The van der Waals surface area contributed by atoms with E-state index in [1.165, 1.54) is 16.8 Å². The van der Waals surface area contributed by atoms with Crippen molar-refractivity contribution in [2.45, 2.75) is 25.3 Å². The number of aryl methyl sites for hydroxylation is 1. The minimum absolute atomic E-state index is 0.153. The van der Waals surface area contributed by atoms with Crippen molar-refractivity contribution in [2.75, 3.05) is 13.1 Å². The molecule has 3 heterocycles. The minimum atomic E-state index is -0.226. The van der Waals surface area contributed by atoms with Gasteiger partial charge in [0, 0.05) is 32.1 Å². The fraction of sp³-hybridized carbons (Fsp3) is 0.350. The first-order valence-electron chi connectivity index (χ1n) is 9.37. The van der Waals surface area contributed by atoms with Crippen LogP contribution >= 0.6 is 0 Å². The average molecular weight is 378 g/mol. The van der Waals surface area contributed by atoms with Gasteiger partial charge in [-0.2, -0.15) is 5.10 Å². The zero-order valence-electron chi connectivity index (χ0n) is 15.7. The van der Waals surface area contributed by atoms with Crippen LogP contribution in [0.2, 0.25) is 0 Å². The van der Waals surface area contributed by atoms with Gasteiger partial charge in [0.25, 0.3) is 11.5 Å². The van der Waals surface area contributed by atoms with Crippen LogP contribution in [0.4, 0.5) is 0 Å². The number of hydrogen-bond donors (Lipinski definition) is 0. The number of carbonyl (C=O) groups is 1. The van der Waals surface area contributed by atoms with E-state index in [2.05, 4.69) is 15.3 Å². The number of benzene rings is 1. The molecule has 8 heteroatoms. The summed E-state index contributed by atoms with van der Waals surface area (Å²) in [6, 6.07) is 12.5. The lowest BCUT2D eigenvalue weighted by atomic mass is 9.97. The molecule has 28 heavy (non-hydrogen) atoms. The maximum atomic E-state index is 13.0. The highest BCUT2D eigenvalue weighted by molar-refractivity contribution is 5.92. The molecule has 144 valence electrons. The maximum absolute atomic E-state index is 13.0. The van der Waals surface area contributed by atoms with E-state index < -0.39 is 0 Å². The topological polar surface area (TPSA) is 85.9 Å². The van der Waals surface area contributed by atoms with Gasteiger partial charge >= 0.3 is 0 Å². The molecule has 1 aromatic carbocycles. The van der Waals surface area contributed by atoms with Gasteiger partial charge in [-0.15, -0.1) is 10.2 Å². The molecule has 0 aliphatic carbocycles. The van der Waals surface area contributed by atoms with Gasteiger partial charge in [-0.05, 0) is 24.5 Å². The van der Waals surface area contributed by atoms with E-state index in [9.17, 15) is 9.59 Å². The van der Waals surface area contributed by atoms with Crippen LogP contribution in [0.5, 0.6) is 0 Å². The molecular weight excluding hydrogens is 356 g/mol. The monoisotopic (exact) mass is 378 g/mol. The zero-order valence-corrected chi connectivity index (χ0v) is 15.7. The molecule has 1 amide bonds. The molecule has 8 nitrogen and oxygen atoms in total. The van der Waals surface area contributed by atoms with E-state index in [4.69, 9.17) is 0 Å². The Hall–Kier alpha value is -3.29. The smallest absolute Gasteiger partial charge is 0.274 e. The fourth-order valence-corrected chi connectivity index (χ4v) is 3.63. The summed E-state index contributed by atoms with van der Waals surface area (Å²) >= 11 is 0. The highest BCUT2D eigenvalue weighted by atomic mass is 16.2. The van der Waals surface area contributed by atoms with Crippen molar-refractivity contribution in [3.8, 4) is 0 Å². The van der Waals surface area contributed by atoms with Gasteiger partial charge in [0.1, 0.15) is 17.8 Å². The average Bonchev–Trinajstić information content (AvgIpc) is 3.16. The summed E-state index contributed by atoms with van der Waals surface area (Å²) in [7, 11) is 1.91. The molecule has 1 unspecified atom stereocenters. The van der Waals surface area contributed by atoms with Gasteiger partial charge in [-0.3, -0.25) is 9.59 Å². The molecule has 0 radical (unpaired) electrons. The van der Waals surface area contributed by atoms with Crippen molar-refractivity contribution >= 4 is 5.91 Å². The van der Waals surface area contributed by atoms with E-state index in [1.807, 2.05) is 41.9 Å². The van der Waals surface area contributed by atoms with E-state index in [-0.39, 0.29) is 23.1 Å². The molecule has 0 saturated carbocycles. The van der Waals surface area contributed by atoms with Crippen LogP contribution < -0.4 is 5.56 Å². The summed E-state index contributed by atoms with van der Waals surface area (Å²) < 4.78 is 3.24. The SMILES string of the molecule is Cn1cnnc1C1CCCN(C(=O)c2ccc(=O)n(Cc3ccccc3)n2)C1. The Bertz CT molecular complexity index is 1030. The molecule has 1 saturated heterocycles. The van der Waals surface area contributed by atoms with Crippen LogP contribution in [-0.2, 0) is 13.6 Å². The van der Waals surface area contributed by atoms with E-state index >= 15 is 0 Å². The van der Waals surface area contributed by atoms with Crippen molar-refractivity contribution in [1.29, 1.82) is 0 Å². The standard InChI is InChI=1S/C20H22N6O2/c1-24-14-21-22-19(24)16-8-5-11-25(13-16)20(28)17-9-10-18(27)26(23-17)12-15-6-3-2-4-7-15/h2-4,6-7,9-10,14,16H,5,8,11-13H2,1H3. The quantitative estimate of drug-likeness (QED) is 0.686. The number of rotatable bonds is 4. The molecule has 3 aromatic rings. The molecule has 4 rings (SSSR count).